The molecule has 4 aliphatic rings. The Kier molecular flexibility index (Phi) is 7.05. The molecule has 4 aliphatic carbocycles. The molecule has 0 bridgehead atoms. The van der Waals surface area contributed by atoms with Gasteiger partial charge in [-0.05, 0) is 84.9 Å². The molecular weight excluding hydrogens is 432 g/mol. The van der Waals surface area contributed by atoms with E-state index in [2.05, 4.69) is 34.6 Å². The number of rotatable bonds is 8. The first-order valence-corrected chi connectivity index (χ1v) is 13.7. The summed E-state index contributed by atoms with van der Waals surface area (Å²) in [6, 6.07) is 0. The normalized spacial score (nSPS) is 40.4. The first-order valence-electron chi connectivity index (χ1n) is 13.7. The van der Waals surface area contributed by atoms with E-state index in [0.29, 0.717) is 54.5 Å². The molecule has 0 aromatic heterocycles. The number of hydrogen-bond donors (Lipinski definition) is 0. The van der Waals surface area contributed by atoms with Crippen LogP contribution in [0.25, 0.3) is 0 Å². The van der Waals surface area contributed by atoms with Crippen LogP contribution in [-0.2, 0) is 4.84 Å². The van der Waals surface area contributed by atoms with Crippen molar-refractivity contribution in [1.29, 1.82) is 0 Å². The van der Waals surface area contributed by atoms with Crippen molar-refractivity contribution in [1.82, 2.24) is 0 Å². The summed E-state index contributed by atoms with van der Waals surface area (Å²) in [6.07, 6.45) is 10.3. The molecule has 0 unspecified atom stereocenters. The van der Waals surface area contributed by atoms with Gasteiger partial charge in [-0.3, -0.25) is 10.1 Å². The van der Waals surface area contributed by atoms with Crippen LogP contribution in [-0.4, -0.2) is 16.1 Å². The van der Waals surface area contributed by atoms with Crippen molar-refractivity contribution >= 4 is 0 Å². The maximum absolute atomic E-state index is 12.2. The van der Waals surface area contributed by atoms with Gasteiger partial charge in [0.05, 0.1) is 4.92 Å². The van der Waals surface area contributed by atoms with E-state index in [1.165, 1.54) is 38.5 Å². The second-order valence-electron chi connectivity index (χ2n) is 12.9. The minimum Gasteiger partial charge on any atom is -0.310 e. The van der Waals surface area contributed by atoms with Gasteiger partial charge in [0, 0.05) is 18.4 Å². The second-order valence-corrected chi connectivity index (χ2v) is 12.9. The monoisotopic (exact) mass is 476 g/mol. The average Bonchev–Trinajstić information content (AvgIpc) is 3.10. The Balaban J connectivity index is 1.58. The maximum atomic E-state index is 12.2. The molecule has 0 radical (unpaired) electrons. The summed E-state index contributed by atoms with van der Waals surface area (Å²) >= 11 is 0. The van der Waals surface area contributed by atoms with Crippen molar-refractivity contribution in [2.24, 2.45) is 46.3 Å². The summed E-state index contributed by atoms with van der Waals surface area (Å²) in [5, 5.41) is 22.4. The van der Waals surface area contributed by atoms with Crippen molar-refractivity contribution in [3.8, 4) is 0 Å². The lowest BCUT2D eigenvalue weighted by molar-refractivity contribution is -0.769. The van der Waals surface area contributed by atoms with Crippen LogP contribution < -0.4 is 0 Å². The highest BCUT2D eigenvalue weighted by Crippen LogP contribution is 2.68. The van der Waals surface area contributed by atoms with Gasteiger partial charge in [-0.2, -0.15) is 0 Å². The van der Waals surface area contributed by atoms with Gasteiger partial charge in [-0.25, -0.2) is 0 Å². The number of fused-ring (bicyclic) bond motifs is 5. The van der Waals surface area contributed by atoms with E-state index in [4.69, 9.17) is 4.84 Å². The van der Waals surface area contributed by atoms with Gasteiger partial charge in [-0.1, -0.05) is 53.9 Å². The number of allylic oxidation sites excluding steroid dienone is 1. The van der Waals surface area contributed by atoms with Crippen LogP contribution in [0.3, 0.4) is 0 Å². The van der Waals surface area contributed by atoms with Crippen molar-refractivity contribution in [2.45, 2.75) is 111 Å². The first kappa shape index (κ1) is 25.4. The molecule has 0 spiro atoms. The highest BCUT2D eigenvalue weighted by molar-refractivity contribution is 5.28. The maximum Gasteiger partial charge on any atom is 0.294 e. The topological polar surface area (TPSA) is 95.5 Å². The standard InChI is InChI=1S/C27H44N2O5/c1-17(2)7-6-8-18(3)21-9-10-22-20-16-25(28(30)31)24-15-19(34-29(32)33)11-13-27(24,5)23(20)12-14-26(21,22)4/h17-23H,6-16H2,1-5H3/t18-,19+,20+,21-,22+,23+,26-,27-/m1/s1. The van der Waals surface area contributed by atoms with Crippen LogP contribution in [0, 0.1) is 66.6 Å². The minimum atomic E-state index is -0.738. The number of hydrogen-bond acceptors (Lipinski definition) is 5. The Morgan fingerprint density at radius 2 is 1.71 bits per heavy atom. The van der Waals surface area contributed by atoms with E-state index in [9.17, 15) is 20.2 Å². The third kappa shape index (κ3) is 4.37. The molecule has 0 saturated heterocycles. The Bertz CT molecular complexity index is 841. The zero-order valence-electron chi connectivity index (χ0n) is 21.8. The lowest BCUT2D eigenvalue weighted by Gasteiger charge is -2.58. The molecule has 0 aliphatic heterocycles. The lowest BCUT2D eigenvalue weighted by atomic mass is 9.46. The molecule has 3 fully saturated rings. The van der Waals surface area contributed by atoms with Gasteiger partial charge >= 0.3 is 0 Å². The molecule has 4 rings (SSSR count). The molecule has 8 atom stereocenters. The smallest absolute Gasteiger partial charge is 0.294 e. The van der Waals surface area contributed by atoms with E-state index in [1.807, 2.05) is 0 Å². The van der Waals surface area contributed by atoms with Crippen LogP contribution in [0.1, 0.15) is 105 Å². The Morgan fingerprint density at radius 3 is 2.35 bits per heavy atom. The van der Waals surface area contributed by atoms with Crippen molar-refractivity contribution in [3.05, 3.63) is 31.5 Å². The number of nitro groups is 1. The summed E-state index contributed by atoms with van der Waals surface area (Å²) in [4.78, 5) is 27.9. The highest BCUT2D eigenvalue weighted by atomic mass is 17.0. The summed E-state index contributed by atoms with van der Waals surface area (Å²) in [5.41, 5.74) is 1.24. The van der Waals surface area contributed by atoms with Crippen LogP contribution in [0.5, 0.6) is 0 Å². The van der Waals surface area contributed by atoms with Gasteiger partial charge in [0.2, 0.25) is 5.70 Å². The average molecular weight is 477 g/mol. The zero-order valence-corrected chi connectivity index (χ0v) is 21.8. The van der Waals surface area contributed by atoms with E-state index in [-0.39, 0.29) is 15.8 Å². The van der Waals surface area contributed by atoms with E-state index < -0.39 is 11.2 Å². The van der Waals surface area contributed by atoms with Crippen LogP contribution >= 0.6 is 0 Å². The molecule has 0 amide bonds. The summed E-state index contributed by atoms with van der Waals surface area (Å²) in [6.45, 7) is 11.8. The molecule has 0 heterocycles. The molecule has 34 heavy (non-hydrogen) atoms. The SMILES string of the molecule is CC(C)CCC[C@@H](C)[C@H]1CC[C@H]2[C@@H]3CC([N+](=O)[O-])=C4C[C@@H](O[N+](=O)[O-])CC[C@]4(C)[C@H]3CC[C@]12C. The fourth-order valence-electron chi connectivity index (χ4n) is 9.16. The second kappa shape index (κ2) is 9.42. The zero-order chi connectivity index (χ0) is 24.8. The van der Waals surface area contributed by atoms with E-state index in [1.54, 1.807) is 0 Å². The fraction of sp³-hybridized carbons (Fsp3) is 0.926. The Hall–Kier alpha value is -1.66. The molecular formula is C27H44N2O5. The van der Waals surface area contributed by atoms with E-state index >= 15 is 0 Å². The van der Waals surface area contributed by atoms with Crippen LogP contribution in [0.4, 0.5) is 0 Å². The van der Waals surface area contributed by atoms with Gasteiger partial charge < -0.3 is 4.84 Å². The predicted octanol–water partition coefficient (Wildman–Crippen LogP) is 7.21. The Labute approximate surface area is 204 Å². The van der Waals surface area contributed by atoms with Gasteiger partial charge in [0.25, 0.3) is 5.09 Å². The molecule has 192 valence electrons. The minimum absolute atomic E-state index is 0.175. The summed E-state index contributed by atoms with van der Waals surface area (Å²) < 4.78 is 0. The van der Waals surface area contributed by atoms with Crippen LogP contribution in [0.15, 0.2) is 11.3 Å². The van der Waals surface area contributed by atoms with Crippen molar-refractivity contribution in [3.63, 3.8) is 0 Å². The molecule has 7 nitrogen and oxygen atoms in total. The molecule has 7 heteroatoms. The largest absolute Gasteiger partial charge is 0.310 e. The summed E-state index contributed by atoms with van der Waals surface area (Å²) in [7, 11) is 0. The van der Waals surface area contributed by atoms with Gasteiger partial charge in [0.1, 0.15) is 6.10 Å². The first-order chi connectivity index (χ1) is 16.0. The van der Waals surface area contributed by atoms with E-state index in [0.717, 1.165) is 24.3 Å². The van der Waals surface area contributed by atoms with Gasteiger partial charge in [-0.15, -0.1) is 10.1 Å². The molecule has 0 aromatic rings. The third-order valence-electron chi connectivity index (χ3n) is 10.8. The molecule has 0 aromatic carbocycles. The van der Waals surface area contributed by atoms with Crippen LogP contribution in [0.2, 0.25) is 0 Å². The van der Waals surface area contributed by atoms with Crippen molar-refractivity contribution in [2.75, 3.05) is 0 Å². The van der Waals surface area contributed by atoms with Gasteiger partial charge in [0.15, 0.2) is 0 Å². The fourth-order valence-corrected chi connectivity index (χ4v) is 9.16. The quantitative estimate of drug-likeness (QED) is 0.272. The highest BCUT2D eigenvalue weighted by Gasteiger charge is 2.61. The number of nitrogens with zero attached hydrogens (tertiary/aromatic N) is 2. The molecule has 0 N–H and O–H groups in total. The molecule has 3 saturated carbocycles. The predicted molar refractivity (Wildman–Crippen MR) is 131 cm³/mol. The summed E-state index contributed by atoms with van der Waals surface area (Å²) in [5.74, 6) is 3.52. The third-order valence-corrected chi connectivity index (χ3v) is 10.8. The Morgan fingerprint density at radius 1 is 0.971 bits per heavy atom. The van der Waals surface area contributed by atoms with Crippen molar-refractivity contribution < 1.29 is 14.8 Å². The lowest BCUT2D eigenvalue weighted by Crippen LogP contribution is -2.52.